The molecule has 1 fully saturated rings. The average Bonchev–Trinajstić information content (AvgIpc) is 2.48. The van der Waals surface area contributed by atoms with Crippen molar-refractivity contribution < 1.29 is 13.9 Å². The van der Waals surface area contributed by atoms with E-state index in [2.05, 4.69) is 11.8 Å². The first kappa shape index (κ1) is 17.9. The standard InChI is InChI=1S/C18H27FN2O2/c1-12-7-5-8-13(11-21(2)3)18(12,23-4)15-10-6-9-14(16(15)19)17(20)22/h6,9-10,12-13H,5,7-8,11H2,1-4H3,(H2,20,22). The predicted octanol–water partition coefficient (Wildman–Crippen LogP) is 2.76. The Balaban J connectivity index is 2.61. The molecule has 1 aromatic rings. The molecule has 3 atom stereocenters. The molecule has 0 spiro atoms. The molecule has 2 rings (SSSR count). The molecule has 2 N–H and O–H groups in total. The SMILES string of the molecule is COC1(c2cccc(C(N)=O)c2F)C(C)CCCC1CN(C)C. The molecule has 0 radical (unpaired) electrons. The maximum Gasteiger partial charge on any atom is 0.251 e. The summed E-state index contributed by atoms with van der Waals surface area (Å²) in [6.07, 6.45) is 3.04. The Morgan fingerprint density at radius 3 is 2.70 bits per heavy atom. The molecule has 1 saturated carbocycles. The molecule has 1 amide bonds. The Kier molecular flexibility index (Phi) is 5.42. The number of hydrogen-bond donors (Lipinski definition) is 1. The van der Waals surface area contributed by atoms with Gasteiger partial charge in [-0.25, -0.2) is 4.39 Å². The number of methoxy groups -OCH3 is 1. The number of carbonyl (C=O) groups excluding carboxylic acids is 1. The largest absolute Gasteiger partial charge is 0.373 e. The number of nitrogens with two attached hydrogens (primary N) is 1. The first-order valence-electron chi connectivity index (χ1n) is 8.13. The zero-order valence-electron chi connectivity index (χ0n) is 14.4. The lowest BCUT2D eigenvalue weighted by molar-refractivity contribution is -0.132. The number of rotatable bonds is 5. The van der Waals surface area contributed by atoms with Gasteiger partial charge in [-0.3, -0.25) is 4.79 Å². The van der Waals surface area contributed by atoms with E-state index in [0.29, 0.717) is 5.56 Å². The van der Waals surface area contributed by atoms with Crippen molar-refractivity contribution in [3.05, 3.63) is 35.1 Å². The van der Waals surface area contributed by atoms with Crippen molar-refractivity contribution >= 4 is 5.91 Å². The number of ether oxygens (including phenoxy) is 1. The van der Waals surface area contributed by atoms with Crippen LogP contribution in [0.15, 0.2) is 18.2 Å². The zero-order valence-corrected chi connectivity index (χ0v) is 14.4. The lowest BCUT2D eigenvalue weighted by Crippen LogP contribution is -2.50. The average molecular weight is 322 g/mol. The van der Waals surface area contributed by atoms with Gasteiger partial charge in [0.1, 0.15) is 11.4 Å². The van der Waals surface area contributed by atoms with Crippen LogP contribution in [0.25, 0.3) is 0 Å². The third-order valence-corrected chi connectivity index (χ3v) is 5.14. The molecule has 0 aromatic heterocycles. The number of hydrogen-bond acceptors (Lipinski definition) is 3. The van der Waals surface area contributed by atoms with Gasteiger partial charge in [0, 0.05) is 25.1 Å². The van der Waals surface area contributed by atoms with E-state index >= 15 is 4.39 Å². The van der Waals surface area contributed by atoms with E-state index in [9.17, 15) is 4.79 Å². The van der Waals surface area contributed by atoms with Gasteiger partial charge in [-0.1, -0.05) is 25.5 Å². The minimum absolute atomic E-state index is 0.0692. The highest BCUT2D eigenvalue weighted by molar-refractivity contribution is 5.93. The Morgan fingerprint density at radius 1 is 1.43 bits per heavy atom. The maximum atomic E-state index is 15.0. The van der Waals surface area contributed by atoms with Crippen LogP contribution < -0.4 is 5.73 Å². The van der Waals surface area contributed by atoms with Crippen LogP contribution >= 0.6 is 0 Å². The van der Waals surface area contributed by atoms with Crippen LogP contribution in [-0.4, -0.2) is 38.6 Å². The first-order chi connectivity index (χ1) is 10.8. The third-order valence-electron chi connectivity index (χ3n) is 5.14. The normalized spacial score (nSPS) is 28.1. The summed E-state index contributed by atoms with van der Waals surface area (Å²) in [6.45, 7) is 2.90. The van der Waals surface area contributed by atoms with Gasteiger partial charge in [0.25, 0.3) is 5.91 Å². The monoisotopic (exact) mass is 322 g/mol. The summed E-state index contributed by atoms with van der Waals surface area (Å²) < 4.78 is 21.0. The van der Waals surface area contributed by atoms with Gasteiger partial charge >= 0.3 is 0 Å². The van der Waals surface area contributed by atoms with Crippen molar-refractivity contribution in [2.45, 2.75) is 31.8 Å². The molecular formula is C18H27FN2O2. The molecule has 3 unspecified atom stereocenters. The number of benzene rings is 1. The summed E-state index contributed by atoms with van der Waals surface area (Å²) in [4.78, 5) is 13.6. The Labute approximate surface area is 137 Å². The van der Waals surface area contributed by atoms with Crippen LogP contribution in [0.1, 0.15) is 42.1 Å². The molecule has 128 valence electrons. The summed E-state index contributed by atoms with van der Waals surface area (Å²) in [6, 6.07) is 4.85. The molecule has 4 nitrogen and oxygen atoms in total. The first-order valence-corrected chi connectivity index (χ1v) is 8.13. The van der Waals surface area contributed by atoms with E-state index in [4.69, 9.17) is 10.5 Å². The van der Waals surface area contributed by atoms with E-state index in [1.165, 1.54) is 6.07 Å². The van der Waals surface area contributed by atoms with Gasteiger partial charge in [0.2, 0.25) is 0 Å². The van der Waals surface area contributed by atoms with Crippen molar-refractivity contribution in [2.24, 2.45) is 17.6 Å². The predicted molar refractivity (Wildman–Crippen MR) is 88.7 cm³/mol. The van der Waals surface area contributed by atoms with E-state index in [0.717, 1.165) is 25.8 Å². The van der Waals surface area contributed by atoms with Gasteiger partial charge in [0.15, 0.2) is 0 Å². The van der Waals surface area contributed by atoms with E-state index in [-0.39, 0.29) is 17.4 Å². The van der Waals surface area contributed by atoms with Crippen molar-refractivity contribution in [3.63, 3.8) is 0 Å². The van der Waals surface area contributed by atoms with Gasteiger partial charge in [-0.05, 0) is 38.9 Å². The van der Waals surface area contributed by atoms with Crippen molar-refractivity contribution in [3.8, 4) is 0 Å². The molecule has 0 aliphatic heterocycles. The third kappa shape index (κ3) is 3.12. The zero-order chi connectivity index (χ0) is 17.2. The van der Waals surface area contributed by atoms with Gasteiger partial charge in [0.05, 0.1) is 5.56 Å². The van der Waals surface area contributed by atoms with Crippen molar-refractivity contribution in [1.29, 1.82) is 0 Å². The summed E-state index contributed by atoms with van der Waals surface area (Å²) in [5.74, 6) is -0.977. The summed E-state index contributed by atoms with van der Waals surface area (Å²) in [5.41, 5.74) is 4.97. The molecule has 1 aliphatic carbocycles. The minimum Gasteiger partial charge on any atom is -0.373 e. The number of nitrogens with zero attached hydrogens (tertiary/aromatic N) is 1. The van der Waals surface area contributed by atoms with E-state index < -0.39 is 17.3 Å². The molecule has 0 heterocycles. The van der Waals surface area contributed by atoms with Crippen molar-refractivity contribution in [1.82, 2.24) is 4.90 Å². The van der Waals surface area contributed by atoms with Gasteiger partial charge < -0.3 is 15.4 Å². The molecular weight excluding hydrogens is 295 g/mol. The molecule has 5 heteroatoms. The van der Waals surface area contributed by atoms with Gasteiger partial charge in [-0.15, -0.1) is 0 Å². The lowest BCUT2D eigenvalue weighted by atomic mass is 9.65. The van der Waals surface area contributed by atoms with Crippen LogP contribution in [-0.2, 0) is 10.3 Å². The van der Waals surface area contributed by atoms with Crippen LogP contribution in [0.4, 0.5) is 4.39 Å². The second-order valence-corrected chi connectivity index (χ2v) is 6.82. The van der Waals surface area contributed by atoms with E-state index in [1.54, 1.807) is 19.2 Å². The summed E-state index contributed by atoms with van der Waals surface area (Å²) in [7, 11) is 5.66. The lowest BCUT2D eigenvalue weighted by Gasteiger charge is -2.49. The highest BCUT2D eigenvalue weighted by atomic mass is 19.1. The highest BCUT2D eigenvalue weighted by Gasteiger charge is 2.49. The Bertz CT molecular complexity index is 576. The van der Waals surface area contributed by atoms with Crippen LogP contribution in [0.3, 0.4) is 0 Å². The van der Waals surface area contributed by atoms with Gasteiger partial charge in [-0.2, -0.15) is 0 Å². The van der Waals surface area contributed by atoms with Crippen LogP contribution in [0.2, 0.25) is 0 Å². The fourth-order valence-electron chi connectivity index (χ4n) is 4.16. The molecule has 1 aliphatic rings. The second kappa shape index (κ2) is 6.97. The quantitative estimate of drug-likeness (QED) is 0.907. The number of amides is 1. The second-order valence-electron chi connectivity index (χ2n) is 6.82. The van der Waals surface area contributed by atoms with Crippen LogP contribution in [0, 0.1) is 17.7 Å². The number of carbonyl (C=O) groups is 1. The van der Waals surface area contributed by atoms with E-state index in [1.807, 2.05) is 14.1 Å². The minimum atomic E-state index is -0.747. The number of halogens is 1. The topological polar surface area (TPSA) is 55.6 Å². The van der Waals surface area contributed by atoms with Crippen LogP contribution in [0.5, 0.6) is 0 Å². The Morgan fingerprint density at radius 2 is 2.13 bits per heavy atom. The van der Waals surface area contributed by atoms with Crippen molar-refractivity contribution in [2.75, 3.05) is 27.7 Å². The maximum absolute atomic E-state index is 15.0. The molecule has 23 heavy (non-hydrogen) atoms. The number of primary amides is 1. The summed E-state index contributed by atoms with van der Waals surface area (Å²) in [5, 5.41) is 0. The summed E-state index contributed by atoms with van der Waals surface area (Å²) >= 11 is 0. The molecule has 0 saturated heterocycles. The highest BCUT2D eigenvalue weighted by Crippen LogP contribution is 2.49. The Hall–Kier alpha value is -1.46. The molecule has 0 bridgehead atoms. The fraction of sp³-hybridized carbons (Fsp3) is 0.611. The fourth-order valence-corrected chi connectivity index (χ4v) is 4.16. The smallest absolute Gasteiger partial charge is 0.251 e. The molecule has 1 aromatic carbocycles.